The number of nitro groups is 1. The number of hydrogen-bond acceptors (Lipinski definition) is 4. The maximum absolute atomic E-state index is 13.3. The van der Waals surface area contributed by atoms with Gasteiger partial charge in [-0.25, -0.2) is 4.39 Å². The number of benzene rings is 1. The maximum atomic E-state index is 13.3. The molecule has 0 amide bonds. The second kappa shape index (κ2) is 6.07. The molecule has 1 aromatic rings. The maximum Gasteiger partial charge on any atom is 0.311 e. The largest absolute Gasteiger partial charge is 0.481 e. The van der Waals surface area contributed by atoms with Crippen LogP contribution in [0, 0.1) is 21.3 Å². The summed E-state index contributed by atoms with van der Waals surface area (Å²) in [5.74, 6) is -1.60. The van der Waals surface area contributed by atoms with E-state index in [9.17, 15) is 24.4 Å². The summed E-state index contributed by atoms with van der Waals surface area (Å²) in [6, 6.07) is 3.17. The highest BCUT2D eigenvalue weighted by Gasteiger charge is 2.39. The van der Waals surface area contributed by atoms with Gasteiger partial charge in [0.25, 0.3) is 5.69 Å². The Morgan fingerprint density at radius 1 is 1.33 bits per heavy atom. The Morgan fingerprint density at radius 2 is 2.00 bits per heavy atom. The van der Waals surface area contributed by atoms with E-state index in [0.717, 1.165) is 31.4 Å². The zero-order valence-electron chi connectivity index (χ0n) is 11.5. The van der Waals surface area contributed by atoms with Gasteiger partial charge in [-0.05, 0) is 18.9 Å². The zero-order chi connectivity index (χ0) is 15.5. The van der Waals surface area contributed by atoms with Crippen molar-refractivity contribution >= 4 is 17.3 Å². The van der Waals surface area contributed by atoms with Gasteiger partial charge in [-0.2, -0.15) is 0 Å². The molecular formula is C14H17FN2O4. The summed E-state index contributed by atoms with van der Waals surface area (Å²) in [6.45, 7) is 0.142. The molecule has 0 saturated heterocycles. The third kappa shape index (κ3) is 3.48. The highest BCUT2D eigenvalue weighted by atomic mass is 19.1. The Morgan fingerprint density at radius 3 is 2.57 bits per heavy atom. The number of hydrogen-bond donors (Lipinski definition) is 2. The first-order valence-electron chi connectivity index (χ1n) is 6.85. The second-order valence-corrected chi connectivity index (χ2v) is 5.45. The van der Waals surface area contributed by atoms with Crippen molar-refractivity contribution < 1.29 is 19.2 Å². The molecule has 6 nitrogen and oxygen atoms in total. The lowest BCUT2D eigenvalue weighted by Crippen LogP contribution is -2.39. The highest BCUT2D eigenvalue weighted by molar-refractivity contribution is 5.75. The number of rotatable bonds is 5. The van der Waals surface area contributed by atoms with Crippen molar-refractivity contribution in [1.82, 2.24) is 0 Å². The summed E-state index contributed by atoms with van der Waals surface area (Å²) in [5.41, 5.74) is -1.00. The topological polar surface area (TPSA) is 92.5 Å². The van der Waals surface area contributed by atoms with Crippen LogP contribution in [-0.2, 0) is 4.79 Å². The van der Waals surface area contributed by atoms with Crippen LogP contribution >= 0.6 is 0 Å². The number of nitro benzene ring substituents is 1. The van der Waals surface area contributed by atoms with Crippen molar-refractivity contribution in [3.63, 3.8) is 0 Å². The molecule has 0 unspecified atom stereocenters. The van der Waals surface area contributed by atoms with Crippen molar-refractivity contribution in [3.8, 4) is 0 Å². The Kier molecular flexibility index (Phi) is 4.40. The van der Waals surface area contributed by atoms with Gasteiger partial charge >= 0.3 is 5.97 Å². The van der Waals surface area contributed by atoms with Crippen LogP contribution in [0.5, 0.6) is 0 Å². The molecule has 0 aliphatic heterocycles. The van der Waals surface area contributed by atoms with Crippen LogP contribution in [0.2, 0.25) is 0 Å². The van der Waals surface area contributed by atoms with Crippen LogP contribution in [0.3, 0.4) is 0 Å². The number of carboxylic acid groups (broad SMARTS) is 1. The van der Waals surface area contributed by atoms with E-state index in [0.29, 0.717) is 12.8 Å². The smallest absolute Gasteiger partial charge is 0.311 e. The molecule has 0 spiro atoms. The SMILES string of the molecule is O=C(O)C1(CNc2cc(F)cc([N+](=O)[O-])c2)CCCCC1. The molecule has 2 rings (SSSR count). The quantitative estimate of drug-likeness (QED) is 0.643. The Balaban J connectivity index is 2.14. The van der Waals surface area contributed by atoms with Gasteiger partial charge in [0.1, 0.15) is 5.82 Å². The number of nitrogens with zero attached hydrogens (tertiary/aromatic N) is 1. The van der Waals surface area contributed by atoms with Crippen LogP contribution in [-0.4, -0.2) is 22.5 Å². The first kappa shape index (κ1) is 15.2. The number of carbonyl (C=O) groups is 1. The molecule has 1 saturated carbocycles. The van der Waals surface area contributed by atoms with Crippen LogP contribution in [0.1, 0.15) is 32.1 Å². The predicted molar refractivity (Wildman–Crippen MR) is 74.7 cm³/mol. The van der Waals surface area contributed by atoms with Gasteiger partial charge in [-0.15, -0.1) is 0 Å². The number of nitrogens with one attached hydrogen (secondary N) is 1. The number of carboxylic acids is 1. The lowest BCUT2D eigenvalue weighted by Gasteiger charge is -2.33. The Bertz CT molecular complexity index is 556. The minimum Gasteiger partial charge on any atom is -0.481 e. The number of anilines is 1. The van der Waals surface area contributed by atoms with Crippen LogP contribution in [0.25, 0.3) is 0 Å². The van der Waals surface area contributed by atoms with E-state index in [-0.39, 0.29) is 17.9 Å². The fraction of sp³-hybridized carbons (Fsp3) is 0.500. The molecule has 0 bridgehead atoms. The van der Waals surface area contributed by atoms with Gasteiger partial charge in [0, 0.05) is 18.3 Å². The summed E-state index contributed by atoms with van der Waals surface area (Å²) < 4.78 is 13.3. The van der Waals surface area contributed by atoms with Gasteiger partial charge in [-0.1, -0.05) is 19.3 Å². The van der Waals surface area contributed by atoms with Gasteiger partial charge < -0.3 is 10.4 Å². The van der Waals surface area contributed by atoms with E-state index in [1.807, 2.05) is 0 Å². The summed E-state index contributed by atoms with van der Waals surface area (Å²) in [7, 11) is 0. The van der Waals surface area contributed by atoms with E-state index >= 15 is 0 Å². The van der Waals surface area contributed by atoms with Crippen LogP contribution < -0.4 is 5.32 Å². The molecule has 1 fully saturated rings. The van der Waals surface area contributed by atoms with Gasteiger partial charge in [0.05, 0.1) is 16.4 Å². The molecule has 0 atom stereocenters. The summed E-state index contributed by atoms with van der Waals surface area (Å²) in [6.07, 6.45) is 3.83. The summed E-state index contributed by atoms with van der Waals surface area (Å²) in [5, 5.41) is 23.0. The molecule has 0 radical (unpaired) electrons. The lowest BCUT2D eigenvalue weighted by molar-refractivity contribution is -0.385. The fourth-order valence-corrected chi connectivity index (χ4v) is 2.75. The Hall–Kier alpha value is -2.18. The first-order valence-corrected chi connectivity index (χ1v) is 6.85. The minimum absolute atomic E-state index is 0.142. The molecular weight excluding hydrogens is 279 g/mol. The molecule has 1 aliphatic carbocycles. The van der Waals surface area contributed by atoms with Gasteiger partial charge in [0.15, 0.2) is 0 Å². The average molecular weight is 296 g/mol. The number of non-ortho nitro benzene ring substituents is 1. The van der Waals surface area contributed by atoms with E-state index < -0.39 is 22.1 Å². The van der Waals surface area contributed by atoms with Gasteiger partial charge in [0.2, 0.25) is 0 Å². The van der Waals surface area contributed by atoms with Crippen molar-refractivity contribution in [2.75, 3.05) is 11.9 Å². The van der Waals surface area contributed by atoms with Crippen molar-refractivity contribution in [2.24, 2.45) is 5.41 Å². The molecule has 2 N–H and O–H groups in total. The zero-order valence-corrected chi connectivity index (χ0v) is 11.5. The number of aliphatic carboxylic acids is 1. The predicted octanol–water partition coefficient (Wildman–Crippen LogP) is 3.18. The Labute approximate surface area is 121 Å². The first-order chi connectivity index (χ1) is 9.93. The van der Waals surface area contributed by atoms with Crippen LogP contribution in [0.4, 0.5) is 15.8 Å². The molecule has 114 valence electrons. The number of halogens is 1. The summed E-state index contributed by atoms with van der Waals surface area (Å²) in [4.78, 5) is 21.5. The van der Waals surface area contributed by atoms with Crippen molar-refractivity contribution in [3.05, 3.63) is 34.1 Å². The molecule has 7 heteroatoms. The third-order valence-corrected chi connectivity index (χ3v) is 3.99. The van der Waals surface area contributed by atoms with E-state index in [2.05, 4.69) is 5.32 Å². The lowest BCUT2D eigenvalue weighted by atomic mass is 9.74. The molecule has 21 heavy (non-hydrogen) atoms. The molecule has 1 aromatic carbocycles. The second-order valence-electron chi connectivity index (χ2n) is 5.45. The molecule has 1 aliphatic rings. The third-order valence-electron chi connectivity index (χ3n) is 3.99. The van der Waals surface area contributed by atoms with Crippen LogP contribution in [0.15, 0.2) is 18.2 Å². The monoisotopic (exact) mass is 296 g/mol. The minimum atomic E-state index is -0.876. The molecule has 0 aromatic heterocycles. The fourth-order valence-electron chi connectivity index (χ4n) is 2.75. The van der Waals surface area contributed by atoms with Crippen molar-refractivity contribution in [2.45, 2.75) is 32.1 Å². The summed E-state index contributed by atoms with van der Waals surface area (Å²) >= 11 is 0. The highest BCUT2D eigenvalue weighted by Crippen LogP contribution is 2.37. The van der Waals surface area contributed by atoms with E-state index in [1.165, 1.54) is 6.07 Å². The average Bonchev–Trinajstić information content (AvgIpc) is 2.45. The van der Waals surface area contributed by atoms with Gasteiger partial charge in [-0.3, -0.25) is 14.9 Å². The van der Waals surface area contributed by atoms with Crippen molar-refractivity contribution in [1.29, 1.82) is 0 Å². The normalized spacial score (nSPS) is 17.2. The van der Waals surface area contributed by atoms with E-state index in [1.54, 1.807) is 0 Å². The molecule has 0 heterocycles. The van der Waals surface area contributed by atoms with E-state index in [4.69, 9.17) is 0 Å². The standard InChI is InChI=1S/C14H17FN2O4/c15-10-6-11(8-12(7-10)17(20)21)16-9-14(13(18)19)4-2-1-3-5-14/h6-8,16H,1-5,9H2,(H,18,19).